The van der Waals surface area contributed by atoms with Gasteiger partial charge in [0.25, 0.3) is 0 Å². The number of hydrogen-bond donors (Lipinski definition) is 2. The molecule has 1 amide bonds. The molecule has 158 valence electrons. The largest absolute Gasteiger partial charge is 0.477 e. The van der Waals surface area contributed by atoms with Gasteiger partial charge in [0.1, 0.15) is 12.2 Å². The third-order valence-electron chi connectivity index (χ3n) is 6.04. The van der Waals surface area contributed by atoms with Crippen molar-refractivity contribution >= 4 is 12.1 Å². The van der Waals surface area contributed by atoms with Gasteiger partial charge in [0, 0.05) is 31.8 Å². The molecule has 1 saturated heterocycles. The zero-order valence-corrected chi connectivity index (χ0v) is 16.1. The van der Waals surface area contributed by atoms with Crippen LogP contribution >= 0.6 is 0 Å². The molecule has 4 rings (SSSR count). The van der Waals surface area contributed by atoms with Crippen molar-refractivity contribution in [3.63, 3.8) is 0 Å². The van der Waals surface area contributed by atoms with E-state index in [1.807, 2.05) is 48.5 Å². The summed E-state index contributed by atoms with van der Waals surface area (Å²) in [6.07, 6.45) is -1.76. The predicted octanol–water partition coefficient (Wildman–Crippen LogP) is 3.48. The number of ether oxygens (including phenoxy) is 1. The van der Waals surface area contributed by atoms with Gasteiger partial charge in [-0.25, -0.2) is 9.59 Å². The summed E-state index contributed by atoms with van der Waals surface area (Å²) >= 11 is 0. The van der Waals surface area contributed by atoms with Gasteiger partial charge in [0.15, 0.2) is 0 Å². The minimum Gasteiger partial charge on any atom is -0.477 e. The number of likely N-dealkylation sites (tertiary alicyclic amines) is 1. The number of benzene rings is 2. The van der Waals surface area contributed by atoms with Crippen molar-refractivity contribution in [2.24, 2.45) is 0 Å². The van der Waals surface area contributed by atoms with Gasteiger partial charge in [-0.2, -0.15) is 8.78 Å². The summed E-state index contributed by atoms with van der Waals surface area (Å²) in [5.41, 5.74) is 1.61. The topological polar surface area (TPSA) is 87.1 Å². The van der Waals surface area contributed by atoms with Gasteiger partial charge in [-0.1, -0.05) is 48.5 Å². The molecule has 0 unspecified atom stereocenters. The summed E-state index contributed by atoms with van der Waals surface area (Å²) in [6, 6.07) is 15.8. The molecule has 2 aliphatic rings. The van der Waals surface area contributed by atoms with Crippen molar-refractivity contribution in [3.05, 3.63) is 59.7 Å². The Morgan fingerprint density at radius 3 is 2.03 bits per heavy atom. The molecule has 0 atom stereocenters. The summed E-state index contributed by atoms with van der Waals surface area (Å²) in [6.45, 7) is -0.328. The molecular weight excluding hydrogens is 396 g/mol. The summed E-state index contributed by atoms with van der Waals surface area (Å²) in [5, 5.41) is 18.8. The molecule has 2 aromatic rings. The number of carbonyl (C=O) groups is 2. The summed E-state index contributed by atoms with van der Waals surface area (Å²) < 4.78 is 33.1. The number of piperidine rings is 1. The van der Waals surface area contributed by atoms with Crippen LogP contribution in [0.3, 0.4) is 0 Å². The number of aliphatic carboxylic acids is 1. The molecular formula is C22H21F2NO5. The maximum atomic E-state index is 13.8. The lowest BCUT2D eigenvalue weighted by Crippen LogP contribution is -2.59. The first-order valence-corrected chi connectivity index (χ1v) is 9.68. The molecule has 0 spiro atoms. The third-order valence-corrected chi connectivity index (χ3v) is 6.04. The molecule has 1 aliphatic heterocycles. The minimum absolute atomic E-state index is 0.0961. The molecule has 0 bridgehead atoms. The number of halogens is 2. The number of carboxylic acid groups (broad SMARTS) is 1. The Bertz CT molecular complexity index is 939. The number of nitrogens with zero attached hydrogens (tertiary/aromatic N) is 1. The fraction of sp³-hybridized carbons (Fsp3) is 0.364. The minimum atomic E-state index is -4.28. The van der Waals surface area contributed by atoms with Gasteiger partial charge >= 0.3 is 18.0 Å². The Labute approximate surface area is 171 Å². The lowest BCUT2D eigenvalue weighted by Gasteiger charge is -2.40. The highest BCUT2D eigenvalue weighted by atomic mass is 19.3. The van der Waals surface area contributed by atoms with E-state index in [2.05, 4.69) is 0 Å². The number of alkyl halides is 2. The fourth-order valence-electron chi connectivity index (χ4n) is 4.26. The van der Waals surface area contributed by atoms with Crippen LogP contribution in [0, 0.1) is 0 Å². The van der Waals surface area contributed by atoms with E-state index in [1.54, 1.807) is 0 Å². The Morgan fingerprint density at radius 1 is 1.03 bits per heavy atom. The Morgan fingerprint density at radius 2 is 1.53 bits per heavy atom. The maximum Gasteiger partial charge on any atom is 0.409 e. The van der Waals surface area contributed by atoms with E-state index in [4.69, 9.17) is 9.84 Å². The van der Waals surface area contributed by atoms with Crippen LogP contribution in [0.15, 0.2) is 48.5 Å². The van der Waals surface area contributed by atoms with Crippen LogP contribution in [-0.4, -0.2) is 58.4 Å². The van der Waals surface area contributed by atoms with Crippen molar-refractivity contribution in [2.45, 2.75) is 30.3 Å². The van der Waals surface area contributed by atoms with Gasteiger partial charge in [-0.3, -0.25) is 0 Å². The number of carboxylic acids is 1. The van der Waals surface area contributed by atoms with Crippen molar-refractivity contribution in [1.29, 1.82) is 0 Å². The Hall–Kier alpha value is -3.00. The predicted molar refractivity (Wildman–Crippen MR) is 103 cm³/mol. The molecule has 6 nitrogen and oxygen atoms in total. The molecule has 0 saturated carbocycles. The van der Waals surface area contributed by atoms with Crippen LogP contribution in [-0.2, 0) is 9.53 Å². The Kier molecular flexibility index (Phi) is 4.97. The van der Waals surface area contributed by atoms with Crippen LogP contribution < -0.4 is 0 Å². The molecule has 0 aromatic heterocycles. The number of hydrogen-bond acceptors (Lipinski definition) is 4. The second-order valence-corrected chi connectivity index (χ2v) is 7.70. The number of rotatable bonds is 4. The average Bonchev–Trinajstić information content (AvgIpc) is 3.06. The number of amides is 1. The van der Waals surface area contributed by atoms with Crippen molar-refractivity contribution in [1.82, 2.24) is 4.90 Å². The zero-order chi connectivity index (χ0) is 21.5. The summed E-state index contributed by atoms with van der Waals surface area (Å²) in [7, 11) is 0. The average molecular weight is 417 g/mol. The molecule has 1 fully saturated rings. The van der Waals surface area contributed by atoms with E-state index in [0.29, 0.717) is 0 Å². The highest BCUT2D eigenvalue weighted by molar-refractivity contribution is 5.79. The molecule has 1 aliphatic carbocycles. The second kappa shape index (κ2) is 7.36. The summed E-state index contributed by atoms with van der Waals surface area (Å²) in [4.78, 5) is 24.5. The highest BCUT2D eigenvalue weighted by Gasteiger charge is 2.59. The lowest BCUT2D eigenvalue weighted by molar-refractivity contribution is -0.217. The smallest absolute Gasteiger partial charge is 0.409 e. The number of aliphatic hydroxyl groups is 1. The van der Waals surface area contributed by atoms with Crippen molar-refractivity contribution < 1.29 is 33.3 Å². The van der Waals surface area contributed by atoms with Crippen LogP contribution in [0.1, 0.15) is 29.9 Å². The normalized spacial score (nSPS) is 17.9. The fourth-order valence-corrected chi connectivity index (χ4v) is 4.26. The monoisotopic (exact) mass is 417 g/mol. The standard InChI is InChI=1S/C22H21F2NO5/c23-22(24,19(26)27)21(29)9-11-25(12-10-21)20(28)30-13-18-16-7-3-1-5-14(16)15-6-2-4-8-17(15)18/h1-8,18,29H,9-13H2,(H,26,27). The SMILES string of the molecule is O=C(OCC1c2ccccc2-c2ccccc21)N1CCC(O)(C(F)(F)C(=O)O)CC1. The molecule has 2 aromatic carbocycles. The number of fused-ring (bicyclic) bond motifs is 3. The maximum absolute atomic E-state index is 13.8. The van der Waals surface area contributed by atoms with Gasteiger partial charge in [0.2, 0.25) is 0 Å². The first kappa shape index (κ1) is 20.3. The zero-order valence-electron chi connectivity index (χ0n) is 16.1. The molecule has 0 radical (unpaired) electrons. The van der Waals surface area contributed by atoms with E-state index < -0.39 is 36.4 Å². The summed E-state index contributed by atoms with van der Waals surface area (Å²) in [5.74, 6) is -6.78. The van der Waals surface area contributed by atoms with Gasteiger partial charge < -0.3 is 19.8 Å². The van der Waals surface area contributed by atoms with Crippen LogP contribution in [0.2, 0.25) is 0 Å². The van der Waals surface area contributed by atoms with E-state index in [1.165, 1.54) is 4.90 Å². The first-order valence-electron chi connectivity index (χ1n) is 9.68. The van der Waals surface area contributed by atoms with Crippen LogP contribution in [0.5, 0.6) is 0 Å². The second-order valence-electron chi connectivity index (χ2n) is 7.70. The van der Waals surface area contributed by atoms with E-state index in [0.717, 1.165) is 22.3 Å². The Balaban J connectivity index is 1.41. The first-order chi connectivity index (χ1) is 14.2. The van der Waals surface area contributed by atoms with Gasteiger partial charge in [-0.15, -0.1) is 0 Å². The van der Waals surface area contributed by atoms with Crippen molar-refractivity contribution in [3.8, 4) is 11.1 Å². The van der Waals surface area contributed by atoms with Crippen LogP contribution in [0.4, 0.5) is 13.6 Å². The van der Waals surface area contributed by atoms with E-state index in [-0.39, 0.29) is 25.6 Å². The lowest BCUT2D eigenvalue weighted by atomic mass is 9.85. The number of carbonyl (C=O) groups excluding carboxylic acids is 1. The van der Waals surface area contributed by atoms with Gasteiger partial charge in [0.05, 0.1) is 0 Å². The van der Waals surface area contributed by atoms with Crippen LogP contribution in [0.25, 0.3) is 11.1 Å². The van der Waals surface area contributed by atoms with Gasteiger partial charge in [-0.05, 0) is 22.3 Å². The molecule has 1 heterocycles. The van der Waals surface area contributed by atoms with E-state index in [9.17, 15) is 23.5 Å². The third kappa shape index (κ3) is 3.21. The van der Waals surface area contributed by atoms with E-state index >= 15 is 0 Å². The molecule has 8 heteroatoms. The quantitative estimate of drug-likeness (QED) is 0.795. The van der Waals surface area contributed by atoms with Crippen molar-refractivity contribution in [2.75, 3.05) is 19.7 Å². The highest BCUT2D eigenvalue weighted by Crippen LogP contribution is 2.44. The molecule has 2 N–H and O–H groups in total. The molecule has 30 heavy (non-hydrogen) atoms.